The smallest absolute Gasteiger partial charge is 0.333 e. The number of aromatic nitrogens is 1. The monoisotopic (exact) mass is 951 g/mol. The van der Waals surface area contributed by atoms with Crippen LogP contribution in [0.1, 0.15) is 155 Å². The van der Waals surface area contributed by atoms with Crippen molar-refractivity contribution >= 4 is 61.7 Å². The molecular weight excluding hydrogens is 880 g/mol. The summed E-state index contributed by atoms with van der Waals surface area (Å²) in [5.41, 5.74) is 26.7. The van der Waals surface area contributed by atoms with Gasteiger partial charge < -0.3 is 9.38 Å². The third-order valence-electron chi connectivity index (χ3n) is 20.0. The van der Waals surface area contributed by atoms with Crippen molar-refractivity contribution in [1.82, 2.24) is 4.57 Å². The molecule has 0 amide bonds. The number of rotatable bonds is 3. The molecule has 5 aliphatic rings. The Morgan fingerprint density at radius 2 is 0.890 bits per heavy atom. The Kier molecular flexibility index (Phi) is 9.13. The molecule has 0 atom stereocenters. The van der Waals surface area contributed by atoms with E-state index in [1.54, 1.807) is 0 Å². The lowest BCUT2D eigenvalue weighted by Crippen LogP contribution is -2.61. The van der Waals surface area contributed by atoms with Crippen molar-refractivity contribution in [3.05, 3.63) is 173 Å². The molecule has 364 valence electrons. The summed E-state index contributed by atoms with van der Waals surface area (Å²) in [6.07, 6.45) is 7.06. The van der Waals surface area contributed by atoms with Crippen molar-refractivity contribution in [2.24, 2.45) is 0 Å². The van der Waals surface area contributed by atoms with E-state index < -0.39 is 0 Å². The zero-order valence-electron chi connectivity index (χ0n) is 45.5. The highest BCUT2D eigenvalue weighted by molar-refractivity contribution is 6.94. The molecule has 14 rings (SSSR count). The van der Waals surface area contributed by atoms with E-state index in [2.05, 4.69) is 232 Å². The van der Waals surface area contributed by atoms with Crippen molar-refractivity contribution in [1.29, 1.82) is 0 Å². The van der Waals surface area contributed by atoms with Gasteiger partial charge in [0.25, 0.3) is 0 Å². The second-order valence-corrected chi connectivity index (χ2v) is 27.2. The van der Waals surface area contributed by atoms with Gasteiger partial charge in [0, 0.05) is 38.8 Å². The number of nitrogens with zero attached hydrogens (tertiary/aromatic N) is 2. The van der Waals surface area contributed by atoms with Gasteiger partial charge >= 0.3 is 6.85 Å². The lowest BCUT2D eigenvalue weighted by atomic mass is 9.43. The topological polar surface area (TPSA) is 8.17 Å². The van der Waals surface area contributed by atoms with Crippen LogP contribution in [0.15, 0.2) is 140 Å². The molecule has 3 heterocycles. The van der Waals surface area contributed by atoms with Crippen LogP contribution in [0, 0.1) is 0 Å². The minimum absolute atomic E-state index is 0.0327. The van der Waals surface area contributed by atoms with Gasteiger partial charge in [-0.15, -0.1) is 0 Å². The second kappa shape index (κ2) is 14.7. The zero-order chi connectivity index (χ0) is 50.5. The highest BCUT2D eigenvalue weighted by Gasteiger charge is 2.49. The molecule has 0 N–H and O–H groups in total. The summed E-state index contributed by atoms with van der Waals surface area (Å²) in [7, 11) is 0. The lowest BCUT2D eigenvalue weighted by molar-refractivity contribution is 0.332. The molecule has 0 fully saturated rings. The van der Waals surface area contributed by atoms with Gasteiger partial charge in [-0.05, 0) is 185 Å². The third-order valence-corrected chi connectivity index (χ3v) is 20.0. The van der Waals surface area contributed by atoms with Gasteiger partial charge in [-0.3, -0.25) is 0 Å². The summed E-state index contributed by atoms with van der Waals surface area (Å²) in [5.74, 6) is 0. The van der Waals surface area contributed by atoms with Crippen LogP contribution in [0.25, 0.3) is 71.6 Å². The molecule has 0 spiro atoms. The van der Waals surface area contributed by atoms with Crippen LogP contribution in [0.3, 0.4) is 0 Å². The van der Waals surface area contributed by atoms with Gasteiger partial charge in [0.1, 0.15) is 0 Å². The quantitative estimate of drug-likeness (QED) is 0.160. The van der Waals surface area contributed by atoms with E-state index in [9.17, 15) is 0 Å². The fraction of sp³-hybridized carbons (Fsp3) is 0.343. The molecule has 3 aliphatic carbocycles. The Bertz CT molecular complexity index is 3850. The Balaban J connectivity index is 1.19. The maximum Gasteiger partial charge on any atom is 0.333 e. The Hall–Kier alpha value is -6.32. The summed E-state index contributed by atoms with van der Waals surface area (Å²) < 4.78 is 2.78. The first-order valence-electron chi connectivity index (χ1n) is 27.7. The van der Waals surface area contributed by atoms with E-state index in [0.717, 1.165) is 0 Å². The van der Waals surface area contributed by atoms with Crippen LogP contribution in [-0.2, 0) is 32.5 Å². The number of hydrogen-bond acceptors (Lipinski definition) is 1. The maximum absolute atomic E-state index is 2.87. The van der Waals surface area contributed by atoms with E-state index in [-0.39, 0.29) is 39.3 Å². The number of fused-ring (bicyclic) bond motifs is 13. The molecule has 8 aromatic carbocycles. The van der Waals surface area contributed by atoms with Crippen LogP contribution in [0.5, 0.6) is 0 Å². The van der Waals surface area contributed by atoms with Gasteiger partial charge in [-0.2, -0.15) is 0 Å². The lowest BCUT2D eigenvalue weighted by Gasteiger charge is -2.48. The number of hydrogen-bond donors (Lipinski definition) is 0. The largest absolute Gasteiger partial charge is 0.376 e. The average molecular weight is 951 g/mol. The van der Waals surface area contributed by atoms with Crippen molar-refractivity contribution in [2.75, 3.05) is 4.81 Å². The highest BCUT2D eigenvalue weighted by atomic mass is 15.1. The van der Waals surface area contributed by atoms with E-state index in [1.807, 2.05) is 0 Å². The first kappa shape index (κ1) is 45.3. The molecule has 0 radical (unpaired) electrons. The second-order valence-electron chi connectivity index (χ2n) is 27.2. The summed E-state index contributed by atoms with van der Waals surface area (Å²) in [6, 6.07) is 55.5. The Labute approximate surface area is 435 Å². The van der Waals surface area contributed by atoms with E-state index in [0.29, 0.717) is 0 Å². The van der Waals surface area contributed by atoms with Crippen LogP contribution in [-0.4, -0.2) is 11.4 Å². The molecule has 3 heteroatoms. The van der Waals surface area contributed by atoms with E-state index in [1.165, 1.54) is 166 Å². The summed E-state index contributed by atoms with van der Waals surface area (Å²) >= 11 is 0. The summed E-state index contributed by atoms with van der Waals surface area (Å²) in [6.45, 7) is 29.9. The van der Waals surface area contributed by atoms with Crippen molar-refractivity contribution in [2.45, 2.75) is 154 Å². The van der Waals surface area contributed by atoms with E-state index in [4.69, 9.17) is 0 Å². The zero-order valence-corrected chi connectivity index (χ0v) is 45.5. The number of benzene rings is 8. The van der Waals surface area contributed by atoms with Crippen molar-refractivity contribution < 1.29 is 0 Å². The van der Waals surface area contributed by atoms with Crippen LogP contribution in [0.2, 0.25) is 0 Å². The first-order valence-corrected chi connectivity index (χ1v) is 27.7. The molecule has 2 nitrogen and oxygen atoms in total. The standard InChI is InChI=1S/C70H71BN2/c1-65(2)30-31-66(3,4)53-36-46(27-29-52(53)65)73-59-40-56-54(67(5,6)32-34-69(56,9)10)38-50(59)51-37-49(45-24-22-43(23-25-45)42-18-14-13-15-19-42)61-48-28-26-44-20-16-17-21-47(44)63(48)72-60-41-57-55(68(7,8)33-35-70(57,11)12)39-58(60)71(73)62(51)64(61)72/h13-29,36-41H,30-35H2,1-12H3. The fourth-order valence-electron chi connectivity index (χ4n) is 15.1. The first-order chi connectivity index (χ1) is 34.7. The molecule has 2 aliphatic heterocycles. The minimum Gasteiger partial charge on any atom is -0.376 e. The Morgan fingerprint density at radius 3 is 1.53 bits per heavy atom. The third kappa shape index (κ3) is 6.30. The van der Waals surface area contributed by atoms with Crippen LogP contribution < -0.4 is 15.7 Å². The predicted octanol–water partition coefficient (Wildman–Crippen LogP) is 17.6. The van der Waals surface area contributed by atoms with Gasteiger partial charge in [0.05, 0.1) is 11.0 Å². The summed E-state index contributed by atoms with van der Waals surface area (Å²) in [5, 5.41) is 5.27. The van der Waals surface area contributed by atoms with Gasteiger partial charge in [-0.1, -0.05) is 186 Å². The predicted molar refractivity (Wildman–Crippen MR) is 314 cm³/mol. The average Bonchev–Trinajstić information content (AvgIpc) is 3.73. The molecule has 0 unspecified atom stereocenters. The van der Waals surface area contributed by atoms with Crippen molar-refractivity contribution in [3.63, 3.8) is 0 Å². The molecule has 0 saturated heterocycles. The molecule has 0 bridgehead atoms. The minimum atomic E-state index is -0.0701. The highest BCUT2D eigenvalue weighted by Crippen LogP contribution is 2.56. The van der Waals surface area contributed by atoms with E-state index >= 15 is 0 Å². The van der Waals surface area contributed by atoms with Crippen LogP contribution >= 0.6 is 0 Å². The van der Waals surface area contributed by atoms with Crippen molar-refractivity contribution in [3.8, 4) is 39.1 Å². The maximum atomic E-state index is 2.87. The fourth-order valence-corrected chi connectivity index (χ4v) is 15.1. The summed E-state index contributed by atoms with van der Waals surface area (Å²) in [4.78, 5) is 2.87. The SMILES string of the molecule is CC1(C)CCC(C)(C)c2cc(N3B4c5cc6c(cc5-n5c7c4c(cc(-c4ccc(-c8ccccc8)cc4)c7c4ccc7ccccc7c45)-c4cc5c(cc43)C(C)(C)CCC5(C)C)C(C)(C)CCC6(C)C)ccc21. The Morgan fingerprint density at radius 1 is 0.370 bits per heavy atom. The van der Waals surface area contributed by atoms with Gasteiger partial charge in [0.15, 0.2) is 0 Å². The molecule has 1 aromatic heterocycles. The molecular formula is C70H71BN2. The van der Waals surface area contributed by atoms with Gasteiger partial charge in [-0.25, -0.2) is 0 Å². The molecule has 73 heavy (non-hydrogen) atoms. The van der Waals surface area contributed by atoms with Gasteiger partial charge in [0.2, 0.25) is 0 Å². The van der Waals surface area contributed by atoms with Crippen LogP contribution in [0.4, 0.5) is 11.4 Å². The molecule has 0 saturated carbocycles. The molecule has 9 aromatic rings. The normalized spacial score (nSPS) is 19.8. The number of anilines is 2.